The van der Waals surface area contributed by atoms with Gasteiger partial charge in [-0.25, -0.2) is 4.99 Å². The van der Waals surface area contributed by atoms with E-state index in [1.54, 1.807) is 48.7 Å². The van der Waals surface area contributed by atoms with Crippen molar-refractivity contribution in [3.05, 3.63) is 53.6 Å². The molecule has 1 aliphatic rings. The number of hydrogen-bond acceptors (Lipinski definition) is 3. The van der Waals surface area contributed by atoms with Crippen LogP contribution >= 0.6 is 0 Å². The second-order valence-corrected chi connectivity index (χ2v) is 3.98. The van der Waals surface area contributed by atoms with Gasteiger partial charge in [0.2, 0.25) is 0 Å². The van der Waals surface area contributed by atoms with E-state index >= 15 is 0 Å². The fraction of sp³-hybridized carbons (Fsp3) is 0. The monoisotopic (exact) mass is 238 g/mol. The number of benzene rings is 2. The molecule has 0 saturated heterocycles. The number of aliphatic imine (C=N–C) groups is 1. The number of nitrogens with zero attached hydrogens (tertiary/aromatic N) is 1. The minimum Gasteiger partial charge on any atom is -0.457 e. The Bertz CT molecular complexity index is 645. The molecule has 0 atom stereocenters. The Balaban J connectivity index is 1.88. The van der Waals surface area contributed by atoms with Gasteiger partial charge in [-0.15, -0.1) is 0 Å². The molecule has 2 aromatic carbocycles. The Labute approximate surface area is 104 Å². The molecule has 0 radical (unpaired) electrons. The fourth-order valence-corrected chi connectivity index (χ4v) is 1.78. The molecule has 4 heteroatoms. The van der Waals surface area contributed by atoms with Crippen molar-refractivity contribution in [1.29, 1.82) is 0 Å². The first-order chi connectivity index (χ1) is 8.72. The fourth-order valence-electron chi connectivity index (χ4n) is 1.78. The molecule has 2 N–H and O–H groups in total. The minimum absolute atomic E-state index is 0.205. The van der Waals surface area contributed by atoms with Crippen LogP contribution < -0.4 is 10.5 Å². The molecule has 2 aromatic rings. The molecule has 3 rings (SSSR count). The molecule has 88 valence electrons. The Kier molecular flexibility index (Phi) is 2.34. The summed E-state index contributed by atoms with van der Waals surface area (Å²) in [6.07, 6.45) is 1.55. The van der Waals surface area contributed by atoms with E-state index in [9.17, 15) is 4.79 Å². The highest BCUT2D eigenvalue weighted by Gasteiger charge is 2.15. The first kappa shape index (κ1) is 10.5. The van der Waals surface area contributed by atoms with E-state index in [-0.39, 0.29) is 5.91 Å². The summed E-state index contributed by atoms with van der Waals surface area (Å²) in [4.78, 5) is 15.0. The number of amides is 1. The third-order valence-corrected chi connectivity index (χ3v) is 2.69. The van der Waals surface area contributed by atoms with Gasteiger partial charge in [0.05, 0.1) is 5.56 Å². The van der Waals surface area contributed by atoms with Gasteiger partial charge < -0.3 is 10.5 Å². The largest absolute Gasteiger partial charge is 0.457 e. The van der Waals surface area contributed by atoms with Crippen molar-refractivity contribution in [3.8, 4) is 11.5 Å². The Morgan fingerprint density at radius 1 is 1.00 bits per heavy atom. The van der Waals surface area contributed by atoms with E-state index in [1.165, 1.54) is 0 Å². The lowest BCUT2D eigenvalue weighted by Gasteiger charge is -2.06. The number of anilines is 1. The van der Waals surface area contributed by atoms with Gasteiger partial charge in [0, 0.05) is 17.5 Å². The topological polar surface area (TPSA) is 64.7 Å². The first-order valence-corrected chi connectivity index (χ1v) is 5.48. The molecular weight excluding hydrogens is 228 g/mol. The first-order valence-electron chi connectivity index (χ1n) is 5.48. The number of rotatable bonds is 2. The van der Waals surface area contributed by atoms with Crippen molar-refractivity contribution in [2.24, 2.45) is 4.99 Å². The van der Waals surface area contributed by atoms with Crippen molar-refractivity contribution < 1.29 is 9.53 Å². The van der Waals surface area contributed by atoms with Gasteiger partial charge in [-0.05, 0) is 42.5 Å². The highest BCUT2D eigenvalue weighted by atomic mass is 16.5. The summed E-state index contributed by atoms with van der Waals surface area (Å²) in [6.45, 7) is 0. The number of carbonyl (C=O) groups is 1. The molecule has 0 unspecified atom stereocenters. The highest BCUT2D eigenvalue weighted by molar-refractivity contribution is 6.13. The highest BCUT2D eigenvalue weighted by Crippen LogP contribution is 2.26. The minimum atomic E-state index is -0.205. The molecular formula is C14H10N2O2. The van der Waals surface area contributed by atoms with Crippen molar-refractivity contribution in [2.45, 2.75) is 0 Å². The molecule has 0 saturated carbocycles. The molecule has 0 fully saturated rings. The van der Waals surface area contributed by atoms with E-state index in [4.69, 9.17) is 10.5 Å². The second-order valence-electron chi connectivity index (χ2n) is 3.98. The van der Waals surface area contributed by atoms with Gasteiger partial charge in [-0.1, -0.05) is 0 Å². The second kappa shape index (κ2) is 4.00. The molecule has 1 aliphatic heterocycles. The predicted molar refractivity (Wildman–Crippen MR) is 69.3 cm³/mol. The molecule has 0 aliphatic carbocycles. The maximum absolute atomic E-state index is 11.3. The summed E-state index contributed by atoms with van der Waals surface area (Å²) in [6, 6.07) is 12.4. The Hall–Kier alpha value is -2.62. The number of nitrogen functional groups attached to an aromatic ring is 1. The van der Waals surface area contributed by atoms with Crippen LogP contribution in [0.2, 0.25) is 0 Å². The summed E-state index contributed by atoms with van der Waals surface area (Å²) in [5.74, 6) is 1.16. The van der Waals surface area contributed by atoms with Crippen LogP contribution in [0.3, 0.4) is 0 Å². The summed E-state index contributed by atoms with van der Waals surface area (Å²) in [5, 5.41) is 0. The van der Waals surface area contributed by atoms with Crippen molar-refractivity contribution in [2.75, 3.05) is 5.73 Å². The van der Waals surface area contributed by atoms with E-state index in [1.807, 2.05) is 0 Å². The maximum atomic E-state index is 11.3. The third kappa shape index (κ3) is 1.84. The van der Waals surface area contributed by atoms with E-state index < -0.39 is 0 Å². The number of carbonyl (C=O) groups excluding carboxylic acids is 1. The normalized spacial score (nSPS) is 12.6. The molecule has 0 bridgehead atoms. The predicted octanol–water partition coefficient (Wildman–Crippen LogP) is 2.63. The van der Waals surface area contributed by atoms with E-state index in [0.717, 1.165) is 5.56 Å². The lowest BCUT2D eigenvalue weighted by molar-refractivity contribution is 0.101. The average molecular weight is 238 g/mol. The van der Waals surface area contributed by atoms with Crippen LogP contribution in [0.25, 0.3) is 0 Å². The zero-order valence-corrected chi connectivity index (χ0v) is 9.46. The lowest BCUT2D eigenvalue weighted by atomic mass is 10.1. The number of ether oxygens (including phenoxy) is 1. The zero-order chi connectivity index (χ0) is 12.5. The molecule has 0 spiro atoms. The van der Waals surface area contributed by atoms with Crippen LogP contribution in [-0.4, -0.2) is 12.1 Å². The molecule has 1 heterocycles. The van der Waals surface area contributed by atoms with E-state index in [2.05, 4.69) is 4.99 Å². The van der Waals surface area contributed by atoms with Crippen LogP contribution in [-0.2, 0) is 0 Å². The van der Waals surface area contributed by atoms with Gasteiger partial charge in [0.25, 0.3) is 5.91 Å². The van der Waals surface area contributed by atoms with Crippen LogP contribution in [0.4, 0.5) is 5.69 Å². The molecule has 1 amide bonds. The molecule has 18 heavy (non-hydrogen) atoms. The van der Waals surface area contributed by atoms with Gasteiger partial charge in [0.15, 0.2) is 0 Å². The molecule has 0 aromatic heterocycles. The van der Waals surface area contributed by atoms with Gasteiger partial charge in [-0.2, -0.15) is 0 Å². The van der Waals surface area contributed by atoms with Crippen LogP contribution in [0, 0.1) is 0 Å². The van der Waals surface area contributed by atoms with Gasteiger partial charge >= 0.3 is 0 Å². The summed E-state index contributed by atoms with van der Waals surface area (Å²) < 4.78 is 5.67. The van der Waals surface area contributed by atoms with Gasteiger partial charge in [-0.3, -0.25) is 4.79 Å². The average Bonchev–Trinajstić information content (AvgIpc) is 2.74. The number of hydrogen-bond donors (Lipinski definition) is 1. The zero-order valence-electron chi connectivity index (χ0n) is 9.46. The van der Waals surface area contributed by atoms with Crippen LogP contribution in [0.5, 0.6) is 11.5 Å². The van der Waals surface area contributed by atoms with Crippen molar-refractivity contribution in [3.63, 3.8) is 0 Å². The van der Waals surface area contributed by atoms with Gasteiger partial charge in [0.1, 0.15) is 11.5 Å². The number of fused-ring (bicyclic) bond motifs is 1. The Morgan fingerprint density at radius 2 is 1.72 bits per heavy atom. The summed E-state index contributed by atoms with van der Waals surface area (Å²) in [7, 11) is 0. The summed E-state index contributed by atoms with van der Waals surface area (Å²) >= 11 is 0. The smallest absolute Gasteiger partial charge is 0.277 e. The lowest BCUT2D eigenvalue weighted by Crippen LogP contribution is -1.93. The van der Waals surface area contributed by atoms with Crippen LogP contribution in [0.15, 0.2) is 47.5 Å². The van der Waals surface area contributed by atoms with Crippen LogP contribution in [0.1, 0.15) is 15.9 Å². The standard InChI is InChI=1S/C14H10N2O2/c15-10-1-3-11(4-2-10)18-12-5-6-13-9(7-12)8-16-14(13)17/h1-8H,15H2. The summed E-state index contributed by atoms with van der Waals surface area (Å²) in [5.41, 5.74) is 7.68. The van der Waals surface area contributed by atoms with Crippen molar-refractivity contribution in [1.82, 2.24) is 0 Å². The quantitative estimate of drug-likeness (QED) is 0.818. The van der Waals surface area contributed by atoms with E-state index in [0.29, 0.717) is 22.7 Å². The number of nitrogens with two attached hydrogens (primary N) is 1. The third-order valence-electron chi connectivity index (χ3n) is 2.69. The molecule has 4 nitrogen and oxygen atoms in total. The Morgan fingerprint density at radius 3 is 2.50 bits per heavy atom. The SMILES string of the molecule is Nc1ccc(Oc2ccc3c(c2)C=NC3=O)cc1. The van der Waals surface area contributed by atoms with Crippen molar-refractivity contribution >= 4 is 17.8 Å². The maximum Gasteiger partial charge on any atom is 0.277 e.